The average molecular weight is 288 g/mol. The molecule has 0 bridgehead atoms. The van der Waals surface area contributed by atoms with Gasteiger partial charge in [-0.1, -0.05) is 12.1 Å². The zero-order valence-corrected chi connectivity index (χ0v) is 12.4. The van der Waals surface area contributed by atoms with E-state index in [0.29, 0.717) is 25.3 Å². The van der Waals surface area contributed by atoms with Gasteiger partial charge in [0.05, 0.1) is 12.8 Å². The molecule has 5 heteroatoms. The van der Waals surface area contributed by atoms with Gasteiger partial charge in [0, 0.05) is 26.3 Å². The Balaban J connectivity index is 1.67. The van der Waals surface area contributed by atoms with Crippen LogP contribution >= 0.6 is 0 Å². The number of benzene rings is 1. The zero-order chi connectivity index (χ0) is 15.1. The van der Waals surface area contributed by atoms with E-state index in [1.807, 2.05) is 24.3 Å². The lowest BCUT2D eigenvalue weighted by Crippen LogP contribution is -2.25. The van der Waals surface area contributed by atoms with Crippen molar-refractivity contribution in [3.63, 3.8) is 0 Å². The summed E-state index contributed by atoms with van der Waals surface area (Å²) in [4.78, 5) is 15.9. The topological polar surface area (TPSA) is 64.4 Å². The summed E-state index contributed by atoms with van der Waals surface area (Å²) in [5.74, 6) is 1.52. The van der Waals surface area contributed by atoms with Crippen LogP contribution in [0.15, 0.2) is 34.9 Å². The second-order valence-electron chi connectivity index (χ2n) is 4.81. The molecule has 0 atom stereocenters. The number of aromatic nitrogens is 1. The maximum Gasteiger partial charge on any atom is 0.220 e. The molecule has 112 valence electrons. The molecule has 2 rings (SSSR count). The minimum absolute atomic E-state index is 0.0473. The Bertz CT molecular complexity index is 575. The first-order valence-corrected chi connectivity index (χ1v) is 6.98. The Morgan fingerprint density at radius 3 is 2.67 bits per heavy atom. The van der Waals surface area contributed by atoms with Crippen LogP contribution in [0.4, 0.5) is 0 Å². The van der Waals surface area contributed by atoms with Gasteiger partial charge in [0.2, 0.25) is 5.91 Å². The third-order valence-electron chi connectivity index (χ3n) is 3.17. The molecule has 0 saturated carbocycles. The monoisotopic (exact) mass is 288 g/mol. The number of oxazole rings is 1. The first-order chi connectivity index (χ1) is 10.2. The van der Waals surface area contributed by atoms with Crippen LogP contribution in [0.3, 0.4) is 0 Å². The molecule has 0 aliphatic rings. The predicted molar refractivity (Wildman–Crippen MR) is 79.3 cm³/mol. The minimum atomic E-state index is 0.0473. The van der Waals surface area contributed by atoms with E-state index in [9.17, 15) is 4.79 Å². The number of amides is 1. The fourth-order valence-electron chi connectivity index (χ4n) is 1.99. The molecular weight excluding hydrogens is 268 g/mol. The van der Waals surface area contributed by atoms with Crippen molar-refractivity contribution >= 4 is 5.91 Å². The summed E-state index contributed by atoms with van der Waals surface area (Å²) in [5, 5.41) is 2.89. The van der Waals surface area contributed by atoms with Crippen LogP contribution in [-0.4, -0.2) is 24.5 Å². The van der Waals surface area contributed by atoms with Gasteiger partial charge in [0.15, 0.2) is 5.89 Å². The highest BCUT2D eigenvalue weighted by atomic mass is 16.5. The van der Waals surface area contributed by atoms with Gasteiger partial charge in [-0.25, -0.2) is 4.98 Å². The SMILES string of the molecule is COc1ccc(CCC(=O)NCCc2coc(C)n2)cc1. The Kier molecular flexibility index (Phi) is 5.37. The number of carbonyl (C=O) groups is 1. The van der Waals surface area contributed by atoms with E-state index < -0.39 is 0 Å². The number of rotatable bonds is 7. The standard InChI is InChI=1S/C16H20N2O3/c1-12-18-14(11-21-12)9-10-17-16(19)8-5-13-3-6-15(20-2)7-4-13/h3-4,6-7,11H,5,8-10H2,1-2H3,(H,17,19). The normalized spacial score (nSPS) is 10.4. The number of carbonyl (C=O) groups excluding carboxylic acids is 1. The molecule has 0 unspecified atom stereocenters. The largest absolute Gasteiger partial charge is 0.497 e. The van der Waals surface area contributed by atoms with Gasteiger partial charge in [0.25, 0.3) is 0 Å². The van der Waals surface area contributed by atoms with Crippen LogP contribution in [0.2, 0.25) is 0 Å². The molecule has 1 aromatic heterocycles. The smallest absolute Gasteiger partial charge is 0.220 e. The number of ether oxygens (including phenoxy) is 1. The molecule has 0 saturated heterocycles. The zero-order valence-electron chi connectivity index (χ0n) is 12.4. The maximum absolute atomic E-state index is 11.8. The highest BCUT2D eigenvalue weighted by molar-refractivity contribution is 5.76. The molecule has 0 spiro atoms. The summed E-state index contributed by atoms with van der Waals surface area (Å²) < 4.78 is 10.2. The molecule has 5 nitrogen and oxygen atoms in total. The minimum Gasteiger partial charge on any atom is -0.497 e. The van der Waals surface area contributed by atoms with Gasteiger partial charge in [0.1, 0.15) is 12.0 Å². The molecule has 1 aromatic carbocycles. The highest BCUT2D eigenvalue weighted by Crippen LogP contribution is 2.12. The third kappa shape index (κ3) is 4.95. The van der Waals surface area contributed by atoms with Crippen molar-refractivity contribution in [2.24, 2.45) is 0 Å². The van der Waals surface area contributed by atoms with Gasteiger partial charge in [-0.3, -0.25) is 4.79 Å². The van der Waals surface area contributed by atoms with E-state index in [2.05, 4.69) is 10.3 Å². The molecule has 1 N–H and O–H groups in total. The average Bonchev–Trinajstić information content (AvgIpc) is 2.91. The number of nitrogens with zero attached hydrogens (tertiary/aromatic N) is 1. The van der Waals surface area contributed by atoms with Gasteiger partial charge in [-0.15, -0.1) is 0 Å². The van der Waals surface area contributed by atoms with Gasteiger partial charge < -0.3 is 14.5 Å². The molecule has 0 aliphatic heterocycles. The summed E-state index contributed by atoms with van der Waals surface area (Å²) in [6, 6.07) is 7.76. The summed E-state index contributed by atoms with van der Waals surface area (Å²) in [7, 11) is 1.64. The van der Waals surface area contributed by atoms with Crippen LogP contribution in [0.5, 0.6) is 5.75 Å². The Morgan fingerprint density at radius 1 is 1.29 bits per heavy atom. The van der Waals surface area contributed by atoms with Crippen LogP contribution in [0.1, 0.15) is 23.6 Å². The van der Waals surface area contributed by atoms with Gasteiger partial charge in [-0.2, -0.15) is 0 Å². The second kappa shape index (κ2) is 7.47. The van der Waals surface area contributed by atoms with E-state index >= 15 is 0 Å². The van der Waals surface area contributed by atoms with Crippen molar-refractivity contribution in [1.29, 1.82) is 0 Å². The van der Waals surface area contributed by atoms with Crippen molar-refractivity contribution in [1.82, 2.24) is 10.3 Å². The van der Waals surface area contributed by atoms with Crippen LogP contribution in [0.25, 0.3) is 0 Å². The van der Waals surface area contributed by atoms with Crippen molar-refractivity contribution in [3.8, 4) is 5.75 Å². The molecule has 2 aromatic rings. The summed E-state index contributed by atoms with van der Waals surface area (Å²) in [6.07, 6.45) is 3.51. The Hall–Kier alpha value is -2.30. The van der Waals surface area contributed by atoms with E-state index in [1.165, 1.54) is 0 Å². The van der Waals surface area contributed by atoms with Crippen molar-refractivity contribution < 1.29 is 13.9 Å². The molecule has 0 radical (unpaired) electrons. The van der Waals surface area contributed by atoms with E-state index in [4.69, 9.17) is 9.15 Å². The highest BCUT2D eigenvalue weighted by Gasteiger charge is 2.04. The first kappa shape index (κ1) is 15.1. The molecule has 1 heterocycles. The molecule has 0 aliphatic carbocycles. The summed E-state index contributed by atoms with van der Waals surface area (Å²) >= 11 is 0. The molecule has 1 amide bonds. The molecule has 0 fully saturated rings. The fraction of sp³-hybridized carbons (Fsp3) is 0.375. The third-order valence-corrected chi connectivity index (χ3v) is 3.17. The second-order valence-corrected chi connectivity index (χ2v) is 4.81. The maximum atomic E-state index is 11.8. The van der Waals surface area contributed by atoms with Gasteiger partial charge in [-0.05, 0) is 24.1 Å². The summed E-state index contributed by atoms with van der Waals surface area (Å²) in [5.41, 5.74) is 1.99. The lowest BCUT2D eigenvalue weighted by molar-refractivity contribution is -0.121. The van der Waals surface area contributed by atoms with Gasteiger partial charge >= 0.3 is 0 Å². The van der Waals surface area contributed by atoms with E-state index in [0.717, 1.165) is 23.4 Å². The fourth-order valence-corrected chi connectivity index (χ4v) is 1.99. The number of aryl methyl sites for hydroxylation is 2. The lowest BCUT2D eigenvalue weighted by Gasteiger charge is -2.05. The Labute approximate surface area is 124 Å². The number of hydrogen-bond donors (Lipinski definition) is 1. The van der Waals surface area contributed by atoms with E-state index in [1.54, 1.807) is 20.3 Å². The van der Waals surface area contributed by atoms with Crippen LogP contribution in [0, 0.1) is 6.92 Å². The Morgan fingerprint density at radius 2 is 2.05 bits per heavy atom. The van der Waals surface area contributed by atoms with Crippen molar-refractivity contribution in [2.75, 3.05) is 13.7 Å². The summed E-state index contributed by atoms with van der Waals surface area (Å²) in [6.45, 7) is 2.38. The lowest BCUT2D eigenvalue weighted by atomic mass is 10.1. The molecular formula is C16H20N2O3. The number of methoxy groups -OCH3 is 1. The van der Waals surface area contributed by atoms with Crippen molar-refractivity contribution in [2.45, 2.75) is 26.2 Å². The molecule has 21 heavy (non-hydrogen) atoms. The van der Waals surface area contributed by atoms with Crippen molar-refractivity contribution in [3.05, 3.63) is 47.7 Å². The number of nitrogens with one attached hydrogen (secondary N) is 1. The van der Waals surface area contributed by atoms with Crippen LogP contribution in [-0.2, 0) is 17.6 Å². The predicted octanol–water partition coefficient (Wildman–Crippen LogP) is 2.28. The van der Waals surface area contributed by atoms with E-state index in [-0.39, 0.29) is 5.91 Å². The first-order valence-electron chi connectivity index (χ1n) is 6.98. The number of hydrogen-bond acceptors (Lipinski definition) is 4. The quantitative estimate of drug-likeness (QED) is 0.849. The van der Waals surface area contributed by atoms with Crippen LogP contribution < -0.4 is 10.1 Å².